The summed E-state index contributed by atoms with van der Waals surface area (Å²) >= 11 is 0. The molecule has 0 aliphatic carbocycles. The summed E-state index contributed by atoms with van der Waals surface area (Å²) in [5, 5.41) is 3.08. The van der Waals surface area contributed by atoms with Gasteiger partial charge in [0.05, 0.1) is 11.6 Å². The second kappa shape index (κ2) is 8.07. The number of benzene rings is 1. The predicted octanol–water partition coefficient (Wildman–Crippen LogP) is 1.75. The van der Waals surface area contributed by atoms with E-state index in [1.54, 1.807) is 11.1 Å². The number of aromatic nitrogens is 3. The molecule has 32 heavy (non-hydrogen) atoms. The monoisotopic (exact) mass is 435 g/mol. The Labute approximate surface area is 184 Å². The number of nitrogens with one attached hydrogen (secondary N) is 1. The van der Waals surface area contributed by atoms with Gasteiger partial charge >= 0.3 is 5.69 Å². The number of anilines is 2. The predicted molar refractivity (Wildman–Crippen MR) is 122 cm³/mol. The van der Waals surface area contributed by atoms with Crippen molar-refractivity contribution in [3.8, 4) is 0 Å². The van der Waals surface area contributed by atoms with Crippen LogP contribution in [0.15, 0.2) is 46.1 Å². The lowest BCUT2D eigenvalue weighted by Gasteiger charge is -2.19. The van der Waals surface area contributed by atoms with Crippen molar-refractivity contribution in [1.29, 1.82) is 0 Å². The van der Waals surface area contributed by atoms with E-state index in [-0.39, 0.29) is 41.7 Å². The van der Waals surface area contributed by atoms with E-state index in [4.69, 9.17) is 0 Å². The van der Waals surface area contributed by atoms with Gasteiger partial charge in [-0.15, -0.1) is 0 Å². The molecule has 1 saturated heterocycles. The Morgan fingerprint density at radius 3 is 2.44 bits per heavy atom. The number of rotatable bonds is 4. The Morgan fingerprint density at radius 2 is 1.78 bits per heavy atom. The highest BCUT2D eigenvalue weighted by molar-refractivity contribution is 6.06. The summed E-state index contributed by atoms with van der Waals surface area (Å²) in [4.78, 5) is 57.0. The van der Waals surface area contributed by atoms with Crippen molar-refractivity contribution in [3.63, 3.8) is 0 Å². The number of amides is 2. The average Bonchev–Trinajstić information content (AvgIpc) is 3.18. The van der Waals surface area contributed by atoms with Gasteiger partial charge in [-0.1, -0.05) is 32.0 Å². The van der Waals surface area contributed by atoms with E-state index in [0.29, 0.717) is 11.3 Å². The van der Waals surface area contributed by atoms with Crippen LogP contribution in [0.25, 0.3) is 11.0 Å². The molecule has 3 aromatic rings. The summed E-state index contributed by atoms with van der Waals surface area (Å²) in [7, 11) is 2.93. The normalized spacial score (nSPS) is 16.2. The standard InChI is InChI=1S/C23H25N5O4/c1-13(2)16-11-24-20-18(22(31)27(4)23(32)26(20)3)19(16)25-21(30)14-10-17(29)28(12-14)15-8-6-5-7-9-15/h5-9,11,13-14H,10,12H2,1-4H3,(H,24,25,30). The number of para-hydroxylation sites is 1. The minimum atomic E-state index is -0.567. The third-order valence-electron chi connectivity index (χ3n) is 5.93. The van der Waals surface area contributed by atoms with E-state index < -0.39 is 17.2 Å². The van der Waals surface area contributed by atoms with Gasteiger partial charge in [0.1, 0.15) is 5.39 Å². The number of nitrogens with zero attached hydrogens (tertiary/aromatic N) is 4. The van der Waals surface area contributed by atoms with E-state index in [1.807, 2.05) is 44.2 Å². The molecule has 9 nitrogen and oxygen atoms in total. The van der Waals surface area contributed by atoms with Crippen LogP contribution in [0.2, 0.25) is 0 Å². The first kappa shape index (κ1) is 21.5. The van der Waals surface area contributed by atoms with E-state index in [1.165, 1.54) is 18.7 Å². The third kappa shape index (κ3) is 3.49. The van der Waals surface area contributed by atoms with Gasteiger partial charge in [0.25, 0.3) is 5.56 Å². The lowest BCUT2D eigenvalue weighted by Crippen LogP contribution is -2.38. The van der Waals surface area contributed by atoms with Gasteiger partial charge in [-0.2, -0.15) is 0 Å². The Balaban J connectivity index is 1.75. The zero-order valence-corrected chi connectivity index (χ0v) is 18.5. The molecule has 0 saturated carbocycles. The Bertz CT molecular complexity index is 1340. The largest absolute Gasteiger partial charge is 0.332 e. The summed E-state index contributed by atoms with van der Waals surface area (Å²) in [6.45, 7) is 4.12. The number of hydrogen-bond acceptors (Lipinski definition) is 5. The van der Waals surface area contributed by atoms with Crippen molar-refractivity contribution in [1.82, 2.24) is 14.1 Å². The summed E-state index contributed by atoms with van der Waals surface area (Å²) < 4.78 is 2.28. The van der Waals surface area contributed by atoms with Crippen LogP contribution in [0.1, 0.15) is 31.7 Å². The highest BCUT2D eigenvalue weighted by atomic mass is 16.2. The molecule has 4 rings (SSSR count). The fourth-order valence-corrected chi connectivity index (χ4v) is 4.08. The Hall–Kier alpha value is -3.75. The molecule has 3 heterocycles. The SMILES string of the molecule is CC(C)c1cnc2c(c1NC(=O)C1CC(=O)N(c3ccccc3)C1)c(=O)n(C)c(=O)n2C. The van der Waals surface area contributed by atoms with Crippen LogP contribution in [-0.2, 0) is 23.7 Å². The fraction of sp³-hybridized carbons (Fsp3) is 0.348. The summed E-state index contributed by atoms with van der Waals surface area (Å²) in [6.07, 6.45) is 1.66. The lowest BCUT2D eigenvalue weighted by atomic mass is 10.0. The van der Waals surface area contributed by atoms with Crippen LogP contribution >= 0.6 is 0 Å². The van der Waals surface area contributed by atoms with E-state index >= 15 is 0 Å². The first-order valence-electron chi connectivity index (χ1n) is 10.5. The van der Waals surface area contributed by atoms with Crippen molar-refractivity contribution in [2.45, 2.75) is 26.2 Å². The summed E-state index contributed by atoms with van der Waals surface area (Å²) in [6, 6.07) is 9.21. The van der Waals surface area contributed by atoms with Gasteiger partial charge in [0.2, 0.25) is 11.8 Å². The van der Waals surface area contributed by atoms with Gasteiger partial charge in [0.15, 0.2) is 5.65 Å². The molecule has 1 N–H and O–H groups in total. The molecule has 166 valence electrons. The number of carbonyl (C=O) groups is 2. The average molecular weight is 435 g/mol. The number of aryl methyl sites for hydroxylation is 1. The molecule has 1 aliphatic heterocycles. The molecular weight excluding hydrogens is 410 g/mol. The van der Waals surface area contributed by atoms with E-state index in [9.17, 15) is 19.2 Å². The molecular formula is C23H25N5O4. The quantitative estimate of drug-likeness (QED) is 0.672. The second-order valence-corrected chi connectivity index (χ2v) is 8.38. The van der Waals surface area contributed by atoms with Gasteiger partial charge in [-0.05, 0) is 23.6 Å². The van der Waals surface area contributed by atoms with E-state index in [0.717, 1.165) is 10.3 Å². The van der Waals surface area contributed by atoms with Gasteiger partial charge in [0, 0.05) is 38.9 Å². The van der Waals surface area contributed by atoms with E-state index in [2.05, 4.69) is 10.3 Å². The van der Waals surface area contributed by atoms with Crippen LogP contribution < -0.4 is 21.5 Å². The molecule has 9 heteroatoms. The molecule has 1 atom stereocenters. The van der Waals surface area contributed by atoms with Crippen molar-refractivity contribution < 1.29 is 9.59 Å². The highest BCUT2D eigenvalue weighted by Crippen LogP contribution is 2.31. The van der Waals surface area contributed by atoms with Crippen LogP contribution in [0.5, 0.6) is 0 Å². The maximum absolute atomic E-state index is 13.2. The van der Waals surface area contributed by atoms with Crippen molar-refractivity contribution in [3.05, 3.63) is 62.9 Å². The molecule has 1 aliphatic rings. The molecule has 1 aromatic carbocycles. The molecule has 1 fully saturated rings. The number of carbonyl (C=O) groups excluding carboxylic acids is 2. The van der Waals surface area contributed by atoms with Gasteiger partial charge < -0.3 is 10.2 Å². The fourth-order valence-electron chi connectivity index (χ4n) is 4.08. The topological polar surface area (TPSA) is 106 Å². The number of fused-ring (bicyclic) bond motifs is 1. The zero-order valence-electron chi connectivity index (χ0n) is 18.5. The highest BCUT2D eigenvalue weighted by Gasteiger charge is 2.35. The molecule has 0 spiro atoms. The van der Waals surface area contributed by atoms with Crippen LogP contribution in [0, 0.1) is 5.92 Å². The van der Waals surface area contributed by atoms with Crippen molar-refractivity contribution in [2.24, 2.45) is 20.0 Å². The minimum absolute atomic E-state index is 0.0323. The first-order valence-corrected chi connectivity index (χ1v) is 10.5. The maximum atomic E-state index is 13.2. The second-order valence-electron chi connectivity index (χ2n) is 8.38. The maximum Gasteiger partial charge on any atom is 0.332 e. The lowest BCUT2D eigenvalue weighted by molar-refractivity contribution is -0.122. The number of hydrogen-bond donors (Lipinski definition) is 1. The molecule has 0 bridgehead atoms. The Kier molecular flexibility index (Phi) is 5.41. The number of pyridine rings is 1. The zero-order chi connectivity index (χ0) is 23.2. The van der Waals surface area contributed by atoms with Crippen molar-refractivity contribution >= 4 is 34.2 Å². The summed E-state index contributed by atoms with van der Waals surface area (Å²) in [5.74, 6) is -1.07. The summed E-state index contributed by atoms with van der Waals surface area (Å²) in [5.41, 5.74) is 0.953. The van der Waals surface area contributed by atoms with Crippen LogP contribution in [0.3, 0.4) is 0 Å². The van der Waals surface area contributed by atoms with Crippen LogP contribution in [0.4, 0.5) is 11.4 Å². The Morgan fingerprint density at radius 1 is 1.09 bits per heavy atom. The van der Waals surface area contributed by atoms with Gasteiger partial charge in [-0.25, -0.2) is 9.78 Å². The molecule has 1 unspecified atom stereocenters. The molecule has 2 aromatic heterocycles. The van der Waals surface area contributed by atoms with Crippen LogP contribution in [-0.4, -0.2) is 32.5 Å². The third-order valence-corrected chi connectivity index (χ3v) is 5.93. The van der Waals surface area contributed by atoms with Gasteiger partial charge in [-0.3, -0.25) is 23.5 Å². The first-order chi connectivity index (χ1) is 15.2. The smallest absolute Gasteiger partial charge is 0.325 e. The molecule has 2 amide bonds. The van der Waals surface area contributed by atoms with Crippen molar-refractivity contribution in [2.75, 3.05) is 16.8 Å². The minimum Gasteiger partial charge on any atom is -0.325 e. The molecule has 0 radical (unpaired) electrons.